The largest absolute Gasteiger partial charge is 0.481 e. The van der Waals surface area contributed by atoms with Crippen LogP contribution in [0.15, 0.2) is 11.1 Å². The lowest BCUT2D eigenvalue weighted by atomic mass is 10.1. The van der Waals surface area contributed by atoms with E-state index in [9.17, 15) is 39.9 Å². The Morgan fingerprint density at radius 3 is 1.83 bits per heavy atom. The summed E-state index contributed by atoms with van der Waals surface area (Å²) in [5, 5.41) is 7.10. The van der Waals surface area contributed by atoms with Crippen molar-refractivity contribution in [3.8, 4) is 0 Å². The molecule has 1 rings (SSSR count). The molecule has 1 fully saturated rings. The van der Waals surface area contributed by atoms with Crippen molar-refractivity contribution in [2.75, 3.05) is 0 Å². The fourth-order valence-corrected chi connectivity index (χ4v) is 2.42. The highest BCUT2D eigenvalue weighted by Gasteiger charge is 2.64. The lowest BCUT2D eigenvalue weighted by Crippen LogP contribution is -2.48. The van der Waals surface area contributed by atoms with E-state index in [1.165, 1.54) is 13.8 Å². The molecule has 1 aliphatic carbocycles. The van der Waals surface area contributed by atoms with E-state index in [-0.39, 0.29) is 0 Å². The summed E-state index contributed by atoms with van der Waals surface area (Å²) in [6.45, 7) is 2.73. The molecule has 0 heterocycles. The van der Waals surface area contributed by atoms with Gasteiger partial charge in [0.1, 0.15) is 5.03 Å². The molecule has 12 heteroatoms. The minimum atomic E-state index is -6.14. The molecule has 0 aromatic carbocycles. The number of rotatable bonds is 5. The second-order valence-electron chi connectivity index (χ2n) is 5.78. The van der Waals surface area contributed by atoms with E-state index >= 15 is 0 Å². The Morgan fingerprint density at radius 1 is 1.12 bits per heavy atom. The molecule has 140 valence electrons. The first kappa shape index (κ1) is 20.9. The molecule has 0 aromatic heterocycles. The number of carboxylic acid groups (broad SMARTS) is 1. The monoisotopic (exact) mass is 390 g/mol. The zero-order chi connectivity index (χ0) is 19.3. The lowest BCUT2D eigenvalue weighted by molar-refractivity contribution is -0.376. The standard InChI is InChI=1S/C12H11ClF8O3/c1-9(2)4(6(9)7(22)23)3-5(13)12(20,21)24-8(10(14,15)16)11(17,18)19/h3-4,6,8H,1-2H3,(H,22,23). The van der Waals surface area contributed by atoms with Gasteiger partial charge in [-0.1, -0.05) is 31.5 Å². The molecule has 0 spiro atoms. The molecule has 0 saturated heterocycles. The van der Waals surface area contributed by atoms with Crippen molar-refractivity contribution in [3.05, 3.63) is 11.1 Å². The minimum absolute atomic E-state index is 0.407. The van der Waals surface area contributed by atoms with Gasteiger partial charge in [0.2, 0.25) is 0 Å². The number of carbonyl (C=O) groups is 1. The summed E-state index contributed by atoms with van der Waals surface area (Å²) >= 11 is 5.11. The Hall–Kier alpha value is -1.10. The highest BCUT2D eigenvalue weighted by molar-refractivity contribution is 6.30. The molecule has 1 N–H and O–H groups in total. The van der Waals surface area contributed by atoms with Crippen LogP contribution in [-0.2, 0) is 9.53 Å². The van der Waals surface area contributed by atoms with Gasteiger partial charge in [0.05, 0.1) is 5.92 Å². The van der Waals surface area contributed by atoms with Gasteiger partial charge in [-0.25, -0.2) is 0 Å². The maximum atomic E-state index is 13.5. The smallest absolute Gasteiger partial charge is 0.423 e. The van der Waals surface area contributed by atoms with Crippen LogP contribution in [0.3, 0.4) is 0 Å². The minimum Gasteiger partial charge on any atom is -0.481 e. The third-order valence-electron chi connectivity index (χ3n) is 3.64. The van der Waals surface area contributed by atoms with E-state index in [4.69, 9.17) is 16.7 Å². The van der Waals surface area contributed by atoms with E-state index < -0.39 is 52.8 Å². The Bertz CT molecular complexity index is 523. The van der Waals surface area contributed by atoms with Crippen molar-refractivity contribution in [2.24, 2.45) is 17.3 Å². The van der Waals surface area contributed by atoms with Crippen LogP contribution in [0, 0.1) is 17.3 Å². The molecular weight excluding hydrogens is 380 g/mol. The van der Waals surface area contributed by atoms with Crippen LogP contribution in [0.4, 0.5) is 35.1 Å². The van der Waals surface area contributed by atoms with Crippen LogP contribution in [0.1, 0.15) is 13.8 Å². The highest BCUT2D eigenvalue weighted by atomic mass is 35.5. The fraction of sp³-hybridized carbons (Fsp3) is 0.750. The van der Waals surface area contributed by atoms with E-state index in [1.54, 1.807) is 0 Å². The van der Waals surface area contributed by atoms with Crippen LogP contribution in [0.5, 0.6) is 0 Å². The summed E-state index contributed by atoms with van der Waals surface area (Å²) in [4.78, 5) is 10.9. The summed E-state index contributed by atoms with van der Waals surface area (Å²) < 4.78 is 103. The first-order valence-electron chi connectivity index (χ1n) is 6.22. The Morgan fingerprint density at radius 2 is 1.54 bits per heavy atom. The normalized spacial score (nSPS) is 25.1. The van der Waals surface area contributed by atoms with Gasteiger partial charge in [0.25, 0.3) is 6.10 Å². The van der Waals surface area contributed by atoms with Gasteiger partial charge < -0.3 is 5.11 Å². The molecule has 2 atom stereocenters. The van der Waals surface area contributed by atoms with Gasteiger partial charge >= 0.3 is 24.4 Å². The highest BCUT2D eigenvalue weighted by Crippen LogP contribution is 2.60. The molecule has 0 aliphatic heterocycles. The topological polar surface area (TPSA) is 46.5 Å². The molecule has 0 amide bonds. The molecule has 24 heavy (non-hydrogen) atoms. The van der Waals surface area contributed by atoms with E-state index in [1.807, 2.05) is 0 Å². The predicted molar refractivity (Wildman–Crippen MR) is 64.3 cm³/mol. The Labute approximate surface area is 135 Å². The summed E-state index contributed by atoms with van der Waals surface area (Å²) in [5.74, 6) is -3.60. The van der Waals surface area contributed by atoms with Crippen LogP contribution in [-0.4, -0.2) is 35.6 Å². The predicted octanol–water partition coefficient (Wildman–Crippen LogP) is 4.57. The number of hydrogen-bond donors (Lipinski definition) is 1. The molecule has 0 radical (unpaired) electrons. The number of halogens is 9. The average Bonchev–Trinajstić information content (AvgIpc) is 2.85. The zero-order valence-corrected chi connectivity index (χ0v) is 12.7. The van der Waals surface area contributed by atoms with Gasteiger partial charge in [0.15, 0.2) is 0 Å². The van der Waals surface area contributed by atoms with E-state index in [0.29, 0.717) is 6.08 Å². The third kappa shape index (κ3) is 4.29. The second-order valence-corrected chi connectivity index (χ2v) is 6.18. The van der Waals surface area contributed by atoms with Gasteiger partial charge in [-0.3, -0.25) is 9.53 Å². The summed E-state index contributed by atoms with van der Waals surface area (Å²) in [6.07, 6.45) is -21.7. The first-order valence-corrected chi connectivity index (χ1v) is 6.60. The Balaban J connectivity index is 3.03. The quantitative estimate of drug-likeness (QED) is 0.700. The molecule has 1 aliphatic rings. The van der Waals surface area contributed by atoms with Gasteiger partial charge in [0, 0.05) is 0 Å². The Kier molecular flexibility index (Phi) is 5.24. The van der Waals surface area contributed by atoms with E-state index in [0.717, 1.165) is 0 Å². The summed E-state index contributed by atoms with van der Waals surface area (Å²) in [7, 11) is 0. The molecule has 0 bridgehead atoms. The van der Waals surface area contributed by atoms with Crippen molar-refractivity contribution in [1.82, 2.24) is 0 Å². The summed E-state index contributed by atoms with van der Waals surface area (Å²) in [6, 6.07) is 0. The maximum Gasteiger partial charge on any atom is 0.423 e. The van der Waals surface area contributed by atoms with Crippen LogP contribution in [0.25, 0.3) is 0 Å². The molecular formula is C12H11ClF8O3. The van der Waals surface area contributed by atoms with Crippen molar-refractivity contribution < 1.29 is 49.8 Å². The SMILES string of the molecule is CC1(C)C(C=C(Cl)C(F)(F)OC(C(F)(F)F)C(F)(F)F)C1C(=O)O. The van der Waals surface area contributed by atoms with Crippen molar-refractivity contribution in [2.45, 2.75) is 38.4 Å². The van der Waals surface area contributed by atoms with Crippen LogP contribution >= 0.6 is 11.6 Å². The second kappa shape index (κ2) is 6.01. The molecule has 1 saturated carbocycles. The number of carboxylic acids is 1. The number of hydrogen-bond acceptors (Lipinski definition) is 2. The number of aliphatic carboxylic acids is 1. The van der Waals surface area contributed by atoms with Crippen LogP contribution < -0.4 is 0 Å². The maximum absolute atomic E-state index is 13.5. The van der Waals surface area contributed by atoms with Gasteiger partial charge in [-0.05, 0) is 11.3 Å². The van der Waals surface area contributed by atoms with Gasteiger partial charge in [-0.15, -0.1) is 0 Å². The molecule has 3 nitrogen and oxygen atoms in total. The number of alkyl halides is 8. The summed E-state index contributed by atoms with van der Waals surface area (Å²) in [5.41, 5.74) is -1.03. The van der Waals surface area contributed by atoms with E-state index in [2.05, 4.69) is 4.74 Å². The van der Waals surface area contributed by atoms with Crippen molar-refractivity contribution in [1.29, 1.82) is 0 Å². The fourth-order valence-electron chi connectivity index (χ4n) is 2.24. The van der Waals surface area contributed by atoms with Crippen molar-refractivity contribution >= 4 is 17.6 Å². The third-order valence-corrected chi connectivity index (χ3v) is 3.99. The van der Waals surface area contributed by atoms with Gasteiger partial charge in [-0.2, -0.15) is 35.1 Å². The van der Waals surface area contributed by atoms with Crippen molar-refractivity contribution in [3.63, 3.8) is 0 Å². The van der Waals surface area contributed by atoms with Crippen LogP contribution in [0.2, 0.25) is 0 Å². The molecule has 0 aromatic rings. The number of allylic oxidation sites excluding steroid dienone is 1. The molecule has 2 unspecified atom stereocenters. The first-order chi connectivity index (χ1) is 10.4. The zero-order valence-electron chi connectivity index (χ0n) is 12.0. The lowest BCUT2D eigenvalue weighted by Gasteiger charge is -2.27. The average molecular weight is 391 g/mol. The number of ether oxygens (including phenoxy) is 1.